The molecule has 0 aliphatic heterocycles. The number of aromatic nitrogens is 10. The number of carbonyl (C=O) groups excluding carboxylic acids is 10. The first-order valence-electron chi connectivity index (χ1n) is 31.4. The number of carboxylic acid groups (broad SMARTS) is 1. The summed E-state index contributed by atoms with van der Waals surface area (Å²) in [5.41, 5.74) is 3.54. The number of nitrogens with zero attached hydrogens (tertiary/aromatic N) is 11. The lowest BCUT2D eigenvalue weighted by atomic mass is 10.2. The van der Waals surface area contributed by atoms with Crippen LogP contribution in [0.3, 0.4) is 0 Å². The topological polar surface area (TPSA) is 429 Å². The van der Waals surface area contributed by atoms with Crippen LogP contribution in [0, 0.1) is 0 Å². The van der Waals surface area contributed by atoms with Crippen molar-refractivity contribution >= 4 is 111 Å². The van der Waals surface area contributed by atoms with E-state index < -0.39 is 59.5 Å². The van der Waals surface area contributed by atoms with E-state index in [1.165, 1.54) is 78.9 Å². The van der Waals surface area contributed by atoms with E-state index in [0.717, 1.165) is 13.0 Å². The van der Waals surface area contributed by atoms with Gasteiger partial charge in [0.15, 0.2) is 11.6 Å². The van der Waals surface area contributed by atoms with Crippen molar-refractivity contribution in [2.75, 3.05) is 82.8 Å². The van der Waals surface area contributed by atoms with Gasteiger partial charge in [-0.25, -0.2) is 9.97 Å². The molecule has 0 aliphatic rings. The SMILES string of the molecule is CN(C)CCCNC(=O)c1cc(NC(=O)c2cc(NC(=O)c3cc(NC(=O)c4cc(NC(O)CCCNC(=O)c5cc(NC(=O)c6nc(NC(=O)c7nc(NC(=O)c8cc(NC(=O)CCNC(=O)CCCCC(=O)O)cn8C)cn7C)cn6C)cn5C)cn4C)cn3C)cn2C)cn1C. The molecule has 1 unspecified atom stereocenters. The predicted molar refractivity (Wildman–Crippen MR) is 366 cm³/mol. The molecular formula is C64H82N22O13. The Morgan fingerprint density at radius 3 is 1.17 bits per heavy atom. The molecule has 0 bridgehead atoms. The predicted octanol–water partition coefficient (Wildman–Crippen LogP) is 3.41. The van der Waals surface area contributed by atoms with Gasteiger partial charge in [-0.1, -0.05) is 0 Å². The largest absolute Gasteiger partial charge is 0.481 e. The minimum absolute atomic E-state index is 0.00636. The van der Waals surface area contributed by atoms with Crippen molar-refractivity contribution in [1.29, 1.82) is 0 Å². The van der Waals surface area contributed by atoms with Crippen LogP contribution in [0.15, 0.2) is 86.0 Å². The standard InChI is InChI=1S/C64H82N22O13/c1-78(2)22-14-20-67-58(93)43-25-39(31-79(43)3)70-60(95)46-28-41(33-83(46)7)72-61(96)47-27-40(32-84(47)8)71-59(94)45-23-37(29-81(45)5)68-52(88)16-13-19-66-57(92)44-26-42(34-80(44)4)73-63(98)55-75-50(36-85(55)9)77-64(99)56-74-49(35-86(56)10)76-62(97)48-24-38(30-82(48)6)69-53(89)18-21-65-51(87)15-11-12-17-54(90)91/h23-36,52,68,88H,11-22H2,1-10H3,(H,65,87)(H,66,92)(H,67,93)(H,69,89)(H,70,95)(H,71,94)(H,72,96)(H,73,98)(H,76,97)(H,77,99)(H,90,91). The van der Waals surface area contributed by atoms with Gasteiger partial charge in [-0.3, -0.25) is 52.7 Å². The molecule has 0 spiro atoms. The molecule has 13 N–H and O–H groups in total. The monoisotopic (exact) mass is 1370 g/mol. The summed E-state index contributed by atoms with van der Waals surface area (Å²) in [7, 11) is 16.9. The fourth-order valence-corrected chi connectivity index (χ4v) is 10.5. The zero-order chi connectivity index (χ0) is 71.9. The van der Waals surface area contributed by atoms with E-state index in [9.17, 15) is 57.8 Å². The van der Waals surface area contributed by atoms with Crippen LogP contribution < -0.4 is 58.5 Å². The van der Waals surface area contributed by atoms with Crippen molar-refractivity contribution in [2.45, 2.75) is 57.6 Å². The molecule has 35 heteroatoms. The van der Waals surface area contributed by atoms with Crippen LogP contribution in [0.5, 0.6) is 0 Å². The summed E-state index contributed by atoms with van der Waals surface area (Å²) in [5.74, 6) is -5.97. The van der Waals surface area contributed by atoms with Gasteiger partial charge in [-0.05, 0) is 89.1 Å². The summed E-state index contributed by atoms with van der Waals surface area (Å²) < 4.78 is 12.0. The Balaban J connectivity index is 0.739. The van der Waals surface area contributed by atoms with Gasteiger partial charge in [-0.2, -0.15) is 0 Å². The highest BCUT2D eigenvalue weighted by Crippen LogP contribution is 2.24. The molecule has 8 aromatic rings. The Labute approximate surface area is 567 Å². The fourth-order valence-electron chi connectivity index (χ4n) is 10.5. The third-order valence-corrected chi connectivity index (χ3v) is 15.4. The number of aliphatic hydroxyl groups is 1. The van der Waals surface area contributed by atoms with Gasteiger partial charge in [0.1, 0.15) is 40.4 Å². The van der Waals surface area contributed by atoms with Gasteiger partial charge in [-0.15, -0.1) is 0 Å². The number of nitrogens with one attached hydrogen (secondary N) is 11. The molecule has 526 valence electrons. The number of anilines is 8. The summed E-state index contributed by atoms with van der Waals surface area (Å²) >= 11 is 0. The number of aliphatic hydroxyl groups excluding tert-OH is 1. The Morgan fingerprint density at radius 1 is 0.384 bits per heavy atom. The Kier molecular flexibility index (Phi) is 24.0. The lowest BCUT2D eigenvalue weighted by Crippen LogP contribution is -2.28. The first kappa shape index (κ1) is 72.8. The second kappa shape index (κ2) is 32.6. The third-order valence-electron chi connectivity index (χ3n) is 15.4. The molecule has 10 amide bonds. The number of rotatable bonds is 33. The summed E-state index contributed by atoms with van der Waals surface area (Å²) in [6, 6.07) is 9.07. The molecule has 0 aromatic carbocycles. The number of amides is 10. The van der Waals surface area contributed by atoms with E-state index in [0.29, 0.717) is 59.9 Å². The Hall–Kier alpha value is -12.0. The summed E-state index contributed by atoms with van der Waals surface area (Å²) in [5, 5.41) is 49.9. The lowest BCUT2D eigenvalue weighted by Gasteiger charge is -2.13. The number of imidazole rings is 2. The summed E-state index contributed by atoms with van der Waals surface area (Å²) in [6.07, 6.45) is 13.4. The second-order valence-electron chi connectivity index (χ2n) is 23.9. The van der Waals surface area contributed by atoms with Gasteiger partial charge >= 0.3 is 5.97 Å². The highest BCUT2D eigenvalue weighted by molar-refractivity contribution is 6.10. The number of aryl methyl sites for hydroxylation is 8. The number of hydrogen-bond donors (Lipinski definition) is 13. The van der Waals surface area contributed by atoms with Gasteiger partial charge in [0, 0.05) is 145 Å². The fraction of sp³-hybridized carbons (Fsp3) is 0.359. The number of carboxylic acids is 1. The van der Waals surface area contributed by atoms with Gasteiger partial charge in [0.25, 0.3) is 47.3 Å². The van der Waals surface area contributed by atoms with Gasteiger partial charge in [0.05, 0.1) is 34.1 Å². The molecule has 1 atom stereocenters. The van der Waals surface area contributed by atoms with Crippen molar-refractivity contribution in [3.05, 3.63) is 132 Å². The molecule has 0 fully saturated rings. The molecule has 0 radical (unpaired) electrons. The molecular weight excluding hydrogens is 1280 g/mol. The van der Waals surface area contributed by atoms with Crippen LogP contribution in [0.25, 0.3) is 0 Å². The number of carbonyl (C=O) groups is 11. The van der Waals surface area contributed by atoms with Crippen molar-refractivity contribution in [1.82, 2.24) is 67.4 Å². The lowest BCUT2D eigenvalue weighted by molar-refractivity contribution is -0.137. The molecule has 99 heavy (non-hydrogen) atoms. The van der Waals surface area contributed by atoms with Crippen molar-refractivity contribution < 1.29 is 63.0 Å². The Morgan fingerprint density at radius 2 is 0.737 bits per heavy atom. The minimum atomic E-state index is -1.06. The maximum absolute atomic E-state index is 13.5. The maximum atomic E-state index is 13.5. The van der Waals surface area contributed by atoms with Crippen molar-refractivity contribution in [3.8, 4) is 0 Å². The van der Waals surface area contributed by atoms with Crippen LogP contribution in [0.1, 0.15) is 136 Å². The average molecular weight is 1370 g/mol. The minimum Gasteiger partial charge on any atom is -0.481 e. The zero-order valence-electron chi connectivity index (χ0n) is 56.5. The summed E-state index contributed by atoms with van der Waals surface area (Å²) in [6.45, 7) is 1.56. The number of aliphatic carboxylic acids is 1. The highest BCUT2D eigenvalue weighted by atomic mass is 16.4. The Bertz CT molecular complexity index is 4350. The van der Waals surface area contributed by atoms with E-state index in [-0.39, 0.29) is 108 Å². The smallest absolute Gasteiger partial charge is 0.303 e. The van der Waals surface area contributed by atoms with Gasteiger partial charge in [0.2, 0.25) is 23.5 Å². The highest BCUT2D eigenvalue weighted by Gasteiger charge is 2.25. The first-order valence-corrected chi connectivity index (χ1v) is 31.4. The molecule has 8 aromatic heterocycles. The van der Waals surface area contributed by atoms with E-state index in [1.807, 2.05) is 19.0 Å². The van der Waals surface area contributed by atoms with E-state index >= 15 is 0 Å². The normalized spacial score (nSPS) is 11.4. The third kappa shape index (κ3) is 19.8. The molecule has 0 saturated heterocycles. The van der Waals surface area contributed by atoms with Crippen LogP contribution in [-0.4, -0.2) is 173 Å². The van der Waals surface area contributed by atoms with Crippen LogP contribution in [0.2, 0.25) is 0 Å². The number of unbranched alkanes of at least 4 members (excludes halogenated alkanes) is 1. The maximum Gasteiger partial charge on any atom is 0.303 e. The molecule has 0 saturated carbocycles. The zero-order valence-corrected chi connectivity index (χ0v) is 56.5. The van der Waals surface area contributed by atoms with E-state index in [1.54, 1.807) is 100.0 Å². The van der Waals surface area contributed by atoms with Crippen molar-refractivity contribution in [3.63, 3.8) is 0 Å². The second-order valence-corrected chi connectivity index (χ2v) is 23.9. The molecule has 8 heterocycles. The quantitative estimate of drug-likeness (QED) is 0.0207. The van der Waals surface area contributed by atoms with Crippen LogP contribution in [0.4, 0.5) is 45.8 Å². The van der Waals surface area contributed by atoms with Crippen LogP contribution >= 0.6 is 0 Å². The molecule has 8 rings (SSSR count). The number of hydrogen-bond acceptors (Lipinski definition) is 16. The van der Waals surface area contributed by atoms with E-state index in [2.05, 4.69) is 68.5 Å². The van der Waals surface area contributed by atoms with Crippen LogP contribution in [-0.2, 0) is 70.8 Å². The van der Waals surface area contributed by atoms with Crippen molar-refractivity contribution in [2.24, 2.45) is 56.4 Å². The average Bonchev–Trinajstić information content (AvgIpc) is 1.69. The van der Waals surface area contributed by atoms with E-state index in [4.69, 9.17) is 5.11 Å². The van der Waals surface area contributed by atoms with Gasteiger partial charge < -0.3 is 110 Å². The molecule has 35 nitrogen and oxygen atoms in total. The summed E-state index contributed by atoms with van der Waals surface area (Å²) in [4.78, 5) is 152. The first-order chi connectivity index (χ1) is 47.0. The molecule has 0 aliphatic carbocycles.